The highest BCUT2D eigenvalue weighted by atomic mass is 16.5. The molecule has 0 radical (unpaired) electrons. The molecule has 118 valence electrons. The van der Waals surface area contributed by atoms with Gasteiger partial charge in [-0.3, -0.25) is 4.90 Å². The molecular weight excluding hydrogens is 252 g/mol. The summed E-state index contributed by atoms with van der Waals surface area (Å²) in [5.41, 5.74) is 0.385. The van der Waals surface area contributed by atoms with Crippen LogP contribution < -0.4 is 0 Å². The summed E-state index contributed by atoms with van der Waals surface area (Å²) in [6.07, 6.45) is 2.53. The number of morpholine rings is 1. The van der Waals surface area contributed by atoms with Crippen molar-refractivity contribution in [3.05, 3.63) is 0 Å². The fourth-order valence-corrected chi connectivity index (χ4v) is 3.06. The molecule has 0 aromatic rings. The van der Waals surface area contributed by atoms with Gasteiger partial charge in [0.2, 0.25) is 0 Å². The van der Waals surface area contributed by atoms with Crippen LogP contribution in [0, 0.1) is 5.41 Å². The average molecular weight is 284 g/mol. The van der Waals surface area contributed by atoms with Gasteiger partial charge in [-0.2, -0.15) is 0 Å². The Morgan fingerprint density at radius 2 is 1.75 bits per heavy atom. The topological polar surface area (TPSA) is 24.9 Å². The van der Waals surface area contributed by atoms with E-state index >= 15 is 0 Å². The zero-order chi connectivity index (χ0) is 14.4. The molecule has 0 saturated carbocycles. The van der Waals surface area contributed by atoms with Crippen molar-refractivity contribution in [1.29, 1.82) is 0 Å². The SMILES string of the molecule is CC(C)N1CCC(C)(COCCN2CCOCC2)CC1. The van der Waals surface area contributed by atoms with Gasteiger partial charge < -0.3 is 14.4 Å². The highest BCUT2D eigenvalue weighted by Crippen LogP contribution is 2.31. The van der Waals surface area contributed by atoms with Gasteiger partial charge in [0.1, 0.15) is 0 Å². The average Bonchev–Trinajstić information content (AvgIpc) is 2.45. The van der Waals surface area contributed by atoms with Gasteiger partial charge in [0.15, 0.2) is 0 Å². The highest BCUT2D eigenvalue weighted by molar-refractivity contribution is 4.83. The Morgan fingerprint density at radius 3 is 2.35 bits per heavy atom. The number of nitrogens with zero attached hydrogens (tertiary/aromatic N) is 2. The third-order valence-electron chi connectivity index (χ3n) is 4.84. The van der Waals surface area contributed by atoms with Crippen LogP contribution in [0.15, 0.2) is 0 Å². The first-order chi connectivity index (χ1) is 9.59. The lowest BCUT2D eigenvalue weighted by Crippen LogP contribution is -2.44. The Hall–Kier alpha value is -0.160. The fraction of sp³-hybridized carbons (Fsp3) is 1.00. The van der Waals surface area contributed by atoms with E-state index in [2.05, 4.69) is 30.6 Å². The van der Waals surface area contributed by atoms with E-state index in [0.717, 1.165) is 46.1 Å². The number of hydrogen-bond acceptors (Lipinski definition) is 4. The molecule has 0 aromatic heterocycles. The first-order valence-corrected chi connectivity index (χ1v) is 8.21. The summed E-state index contributed by atoms with van der Waals surface area (Å²) in [6.45, 7) is 16.1. The third-order valence-corrected chi connectivity index (χ3v) is 4.84. The van der Waals surface area contributed by atoms with Gasteiger partial charge in [-0.25, -0.2) is 0 Å². The standard InChI is InChI=1S/C16H32N2O2/c1-15(2)18-6-4-16(3,5-7-18)14-20-13-10-17-8-11-19-12-9-17/h15H,4-14H2,1-3H3. The number of rotatable bonds is 6. The molecule has 2 saturated heterocycles. The lowest BCUT2D eigenvalue weighted by molar-refractivity contribution is -0.0146. The van der Waals surface area contributed by atoms with Gasteiger partial charge in [0.25, 0.3) is 0 Å². The molecule has 0 N–H and O–H groups in total. The first-order valence-electron chi connectivity index (χ1n) is 8.21. The molecule has 20 heavy (non-hydrogen) atoms. The van der Waals surface area contributed by atoms with Crippen molar-refractivity contribution >= 4 is 0 Å². The maximum absolute atomic E-state index is 5.97. The minimum atomic E-state index is 0.385. The zero-order valence-corrected chi connectivity index (χ0v) is 13.6. The Balaban J connectivity index is 1.59. The largest absolute Gasteiger partial charge is 0.380 e. The monoisotopic (exact) mass is 284 g/mol. The summed E-state index contributed by atoms with van der Waals surface area (Å²) in [5, 5.41) is 0. The van der Waals surface area contributed by atoms with Crippen LogP contribution in [-0.4, -0.2) is 75.0 Å². The van der Waals surface area contributed by atoms with Crippen molar-refractivity contribution < 1.29 is 9.47 Å². The molecule has 0 atom stereocenters. The normalized spacial score (nSPS) is 25.2. The second kappa shape index (κ2) is 7.74. The predicted molar refractivity (Wildman–Crippen MR) is 82.1 cm³/mol. The number of likely N-dealkylation sites (tertiary alicyclic amines) is 1. The van der Waals surface area contributed by atoms with Crippen LogP contribution in [-0.2, 0) is 9.47 Å². The molecule has 2 heterocycles. The second-order valence-corrected chi connectivity index (χ2v) is 6.95. The lowest BCUT2D eigenvalue weighted by atomic mass is 9.81. The van der Waals surface area contributed by atoms with E-state index in [1.807, 2.05) is 0 Å². The van der Waals surface area contributed by atoms with Crippen LogP contribution in [0.1, 0.15) is 33.6 Å². The quantitative estimate of drug-likeness (QED) is 0.695. The summed E-state index contributed by atoms with van der Waals surface area (Å²) in [5.74, 6) is 0. The van der Waals surface area contributed by atoms with Gasteiger partial charge in [-0.1, -0.05) is 6.92 Å². The Morgan fingerprint density at radius 1 is 1.10 bits per heavy atom. The van der Waals surface area contributed by atoms with E-state index in [0.29, 0.717) is 11.5 Å². The lowest BCUT2D eigenvalue weighted by Gasteiger charge is -2.41. The van der Waals surface area contributed by atoms with Crippen LogP contribution in [0.3, 0.4) is 0 Å². The molecule has 0 unspecified atom stereocenters. The van der Waals surface area contributed by atoms with E-state index in [4.69, 9.17) is 9.47 Å². The summed E-state index contributed by atoms with van der Waals surface area (Å²) in [6, 6.07) is 0.682. The summed E-state index contributed by atoms with van der Waals surface area (Å²) >= 11 is 0. The Bertz CT molecular complexity index is 270. The number of ether oxygens (including phenoxy) is 2. The molecule has 2 aliphatic rings. The van der Waals surface area contributed by atoms with Crippen molar-refractivity contribution in [3.63, 3.8) is 0 Å². The maximum atomic E-state index is 5.97. The molecule has 0 spiro atoms. The van der Waals surface area contributed by atoms with E-state index in [-0.39, 0.29) is 0 Å². The zero-order valence-electron chi connectivity index (χ0n) is 13.6. The Kier molecular flexibility index (Phi) is 6.27. The number of hydrogen-bond donors (Lipinski definition) is 0. The molecule has 0 aromatic carbocycles. The van der Waals surface area contributed by atoms with Crippen molar-refractivity contribution in [1.82, 2.24) is 9.80 Å². The molecular formula is C16H32N2O2. The van der Waals surface area contributed by atoms with Crippen molar-refractivity contribution in [2.24, 2.45) is 5.41 Å². The summed E-state index contributed by atoms with van der Waals surface area (Å²) in [4.78, 5) is 5.02. The minimum Gasteiger partial charge on any atom is -0.380 e. The fourth-order valence-electron chi connectivity index (χ4n) is 3.06. The summed E-state index contributed by atoms with van der Waals surface area (Å²) in [7, 11) is 0. The van der Waals surface area contributed by atoms with E-state index in [1.165, 1.54) is 25.9 Å². The van der Waals surface area contributed by atoms with Crippen molar-refractivity contribution in [3.8, 4) is 0 Å². The molecule has 0 aliphatic carbocycles. The molecule has 2 fully saturated rings. The van der Waals surface area contributed by atoms with Crippen LogP contribution in [0.25, 0.3) is 0 Å². The van der Waals surface area contributed by atoms with Crippen molar-refractivity contribution in [2.75, 3.05) is 59.2 Å². The van der Waals surface area contributed by atoms with Gasteiger partial charge in [0.05, 0.1) is 26.4 Å². The smallest absolute Gasteiger partial charge is 0.0594 e. The van der Waals surface area contributed by atoms with E-state index in [9.17, 15) is 0 Å². The van der Waals surface area contributed by atoms with Crippen LogP contribution in [0.4, 0.5) is 0 Å². The van der Waals surface area contributed by atoms with Gasteiger partial charge in [-0.05, 0) is 45.2 Å². The molecule has 0 amide bonds. The molecule has 4 heteroatoms. The molecule has 0 bridgehead atoms. The van der Waals surface area contributed by atoms with Crippen LogP contribution in [0.2, 0.25) is 0 Å². The molecule has 4 nitrogen and oxygen atoms in total. The molecule has 2 rings (SSSR count). The van der Waals surface area contributed by atoms with Crippen LogP contribution >= 0.6 is 0 Å². The third kappa shape index (κ3) is 4.99. The minimum absolute atomic E-state index is 0.385. The molecule has 2 aliphatic heterocycles. The second-order valence-electron chi connectivity index (χ2n) is 6.95. The maximum Gasteiger partial charge on any atom is 0.0594 e. The van der Waals surface area contributed by atoms with E-state index in [1.54, 1.807) is 0 Å². The van der Waals surface area contributed by atoms with Gasteiger partial charge >= 0.3 is 0 Å². The van der Waals surface area contributed by atoms with Gasteiger partial charge in [-0.15, -0.1) is 0 Å². The summed E-state index contributed by atoms with van der Waals surface area (Å²) < 4.78 is 11.3. The first kappa shape index (κ1) is 16.2. The van der Waals surface area contributed by atoms with E-state index < -0.39 is 0 Å². The van der Waals surface area contributed by atoms with Gasteiger partial charge in [0, 0.05) is 25.7 Å². The Labute approximate surface area is 124 Å². The van der Waals surface area contributed by atoms with Crippen LogP contribution in [0.5, 0.6) is 0 Å². The van der Waals surface area contributed by atoms with Crippen molar-refractivity contribution in [2.45, 2.75) is 39.7 Å². The highest BCUT2D eigenvalue weighted by Gasteiger charge is 2.31. The predicted octanol–water partition coefficient (Wildman–Crippen LogP) is 1.85. The number of piperidine rings is 1.